The van der Waals surface area contributed by atoms with Gasteiger partial charge in [0, 0.05) is 25.2 Å². The van der Waals surface area contributed by atoms with Crippen molar-refractivity contribution in [2.24, 2.45) is 0 Å². The lowest BCUT2D eigenvalue weighted by molar-refractivity contribution is 0.0927. The Kier molecular flexibility index (Phi) is 3.32. The number of likely N-dealkylation sites (tertiary alicyclic amines) is 1. The molecule has 0 radical (unpaired) electrons. The molecule has 104 valence electrons. The fraction of sp³-hybridized carbons (Fsp3) is 0.312. The van der Waals surface area contributed by atoms with E-state index in [-0.39, 0.29) is 12.1 Å². The Bertz CT molecular complexity index is 630. The van der Waals surface area contributed by atoms with Gasteiger partial charge in [-0.25, -0.2) is 4.79 Å². The van der Waals surface area contributed by atoms with Gasteiger partial charge in [0.05, 0.1) is 0 Å². The summed E-state index contributed by atoms with van der Waals surface area (Å²) in [6.07, 6.45) is -0.833. The Balaban J connectivity index is 1.73. The maximum absolute atomic E-state index is 10.8. The van der Waals surface area contributed by atoms with E-state index in [1.54, 1.807) is 0 Å². The third-order valence-corrected chi connectivity index (χ3v) is 3.93. The first-order chi connectivity index (χ1) is 9.65. The fourth-order valence-corrected chi connectivity index (χ4v) is 2.81. The van der Waals surface area contributed by atoms with Crippen molar-refractivity contribution in [1.82, 2.24) is 10.2 Å². The van der Waals surface area contributed by atoms with Crippen molar-refractivity contribution in [3.05, 3.63) is 48.0 Å². The molecule has 0 bridgehead atoms. The van der Waals surface area contributed by atoms with Crippen molar-refractivity contribution in [2.45, 2.75) is 19.0 Å². The first kappa shape index (κ1) is 12.9. The van der Waals surface area contributed by atoms with E-state index in [1.165, 1.54) is 21.2 Å². The number of carboxylic acid groups (broad SMARTS) is 1. The standard InChI is InChI=1S/C16H18N2O2/c1-11(17-13-9-18(10-13)16(19)20)14-8-4-6-12-5-2-3-7-15(12)14/h2-8,11,13,17H,9-10H2,1H3,(H,19,20)/t11-/m1/s1. The largest absolute Gasteiger partial charge is 0.465 e. The zero-order valence-electron chi connectivity index (χ0n) is 11.4. The third-order valence-electron chi connectivity index (χ3n) is 3.93. The zero-order chi connectivity index (χ0) is 14.1. The lowest BCUT2D eigenvalue weighted by Crippen LogP contribution is -2.59. The highest BCUT2D eigenvalue weighted by Crippen LogP contribution is 2.25. The number of nitrogens with zero attached hydrogens (tertiary/aromatic N) is 1. The summed E-state index contributed by atoms with van der Waals surface area (Å²) in [6, 6.07) is 15.1. The summed E-state index contributed by atoms with van der Waals surface area (Å²) in [5, 5.41) is 14.8. The van der Waals surface area contributed by atoms with Crippen molar-refractivity contribution in [2.75, 3.05) is 13.1 Å². The SMILES string of the molecule is C[C@@H](NC1CN(C(=O)O)C1)c1cccc2ccccc12. The molecule has 3 rings (SSSR count). The number of hydrogen-bond donors (Lipinski definition) is 2. The van der Waals surface area contributed by atoms with Crippen LogP contribution >= 0.6 is 0 Å². The van der Waals surface area contributed by atoms with Crippen molar-refractivity contribution in [3.63, 3.8) is 0 Å². The van der Waals surface area contributed by atoms with Gasteiger partial charge in [0.25, 0.3) is 0 Å². The highest BCUT2D eigenvalue weighted by molar-refractivity contribution is 5.86. The van der Waals surface area contributed by atoms with Crippen LogP contribution in [0.2, 0.25) is 0 Å². The van der Waals surface area contributed by atoms with E-state index < -0.39 is 6.09 Å². The van der Waals surface area contributed by atoms with E-state index in [0.717, 1.165) is 0 Å². The molecule has 4 nitrogen and oxygen atoms in total. The molecule has 0 spiro atoms. The number of hydrogen-bond acceptors (Lipinski definition) is 2. The summed E-state index contributed by atoms with van der Waals surface area (Å²) in [7, 11) is 0. The molecule has 0 aliphatic carbocycles. The molecule has 0 aromatic heterocycles. The molecule has 0 saturated carbocycles. The van der Waals surface area contributed by atoms with Gasteiger partial charge in [0.1, 0.15) is 0 Å². The summed E-state index contributed by atoms with van der Waals surface area (Å²) in [6.45, 7) is 3.28. The van der Waals surface area contributed by atoms with Crippen LogP contribution < -0.4 is 5.32 Å². The Morgan fingerprint density at radius 3 is 2.70 bits per heavy atom. The normalized spacial score (nSPS) is 16.9. The molecule has 1 atom stereocenters. The topological polar surface area (TPSA) is 52.6 Å². The van der Waals surface area contributed by atoms with Gasteiger partial charge >= 0.3 is 6.09 Å². The quantitative estimate of drug-likeness (QED) is 0.901. The number of rotatable bonds is 3. The van der Waals surface area contributed by atoms with E-state index in [1.807, 2.05) is 12.1 Å². The third kappa shape index (κ3) is 2.34. The van der Waals surface area contributed by atoms with Crippen LogP contribution in [0, 0.1) is 0 Å². The minimum atomic E-state index is -0.833. The van der Waals surface area contributed by atoms with Gasteiger partial charge in [-0.15, -0.1) is 0 Å². The molecule has 0 unspecified atom stereocenters. The second-order valence-corrected chi connectivity index (χ2v) is 5.34. The summed E-state index contributed by atoms with van der Waals surface area (Å²) >= 11 is 0. The van der Waals surface area contributed by atoms with Crippen LogP contribution in [0.4, 0.5) is 4.79 Å². The van der Waals surface area contributed by atoms with Gasteiger partial charge in [-0.3, -0.25) is 0 Å². The van der Waals surface area contributed by atoms with Crippen LogP contribution in [0.3, 0.4) is 0 Å². The van der Waals surface area contributed by atoms with E-state index in [2.05, 4.69) is 42.6 Å². The highest BCUT2D eigenvalue weighted by atomic mass is 16.4. The van der Waals surface area contributed by atoms with E-state index in [0.29, 0.717) is 13.1 Å². The lowest BCUT2D eigenvalue weighted by Gasteiger charge is -2.39. The molecule has 20 heavy (non-hydrogen) atoms. The van der Waals surface area contributed by atoms with Crippen molar-refractivity contribution < 1.29 is 9.90 Å². The molecule has 1 heterocycles. The van der Waals surface area contributed by atoms with Crippen molar-refractivity contribution in [3.8, 4) is 0 Å². The van der Waals surface area contributed by atoms with Gasteiger partial charge in [-0.05, 0) is 23.3 Å². The first-order valence-electron chi connectivity index (χ1n) is 6.87. The maximum Gasteiger partial charge on any atom is 0.407 e. The van der Waals surface area contributed by atoms with Crippen LogP contribution in [0.25, 0.3) is 10.8 Å². The number of nitrogens with one attached hydrogen (secondary N) is 1. The summed E-state index contributed by atoms with van der Waals surface area (Å²) in [4.78, 5) is 12.2. The van der Waals surface area contributed by atoms with Crippen molar-refractivity contribution in [1.29, 1.82) is 0 Å². The molecule has 2 aromatic carbocycles. The average molecular weight is 270 g/mol. The van der Waals surface area contributed by atoms with Crippen LogP contribution in [-0.2, 0) is 0 Å². The number of benzene rings is 2. The summed E-state index contributed by atoms with van der Waals surface area (Å²) in [5.41, 5.74) is 1.26. The summed E-state index contributed by atoms with van der Waals surface area (Å²) < 4.78 is 0. The van der Waals surface area contributed by atoms with E-state index >= 15 is 0 Å². The van der Waals surface area contributed by atoms with Crippen molar-refractivity contribution >= 4 is 16.9 Å². The second kappa shape index (κ2) is 5.13. The minimum absolute atomic E-state index is 0.210. The smallest absolute Gasteiger partial charge is 0.407 e. The molecule has 1 amide bonds. The van der Waals surface area contributed by atoms with Gasteiger partial charge in [0.15, 0.2) is 0 Å². The molecule has 1 fully saturated rings. The van der Waals surface area contributed by atoms with Gasteiger partial charge in [-0.2, -0.15) is 0 Å². The minimum Gasteiger partial charge on any atom is -0.465 e. The fourth-order valence-electron chi connectivity index (χ4n) is 2.81. The van der Waals surface area contributed by atoms with Crippen LogP contribution in [-0.4, -0.2) is 35.2 Å². The molecule has 2 aromatic rings. The molecule has 1 aliphatic rings. The first-order valence-corrected chi connectivity index (χ1v) is 6.87. The van der Waals surface area contributed by atoms with Crippen LogP contribution in [0.15, 0.2) is 42.5 Å². The van der Waals surface area contributed by atoms with Crippen LogP contribution in [0.1, 0.15) is 18.5 Å². The molecule has 2 N–H and O–H groups in total. The number of amides is 1. The highest BCUT2D eigenvalue weighted by Gasteiger charge is 2.31. The molecule has 4 heteroatoms. The second-order valence-electron chi connectivity index (χ2n) is 5.34. The average Bonchev–Trinajstić information content (AvgIpc) is 2.41. The predicted molar refractivity (Wildman–Crippen MR) is 78.9 cm³/mol. The summed E-state index contributed by atoms with van der Waals surface area (Å²) in [5.74, 6) is 0. The van der Waals surface area contributed by atoms with Gasteiger partial charge in [-0.1, -0.05) is 42.5 Å². The zero-order valence-corrected chi connectivity index (χ0v) is 11.4. The molecule has 1 saturated heterocycles. The predicted octanol–water partition coefficient (Wildman–Crippen LogP) is 2.85. The van der Waals surface area contributed by atoms with Crippen LogP contribution in [0.5, 0.6) is 0 Å². The van der Waals surface area contributed by atoms with Gasteiger partial charge < -0.3 is 15.3 Å². The Morgan fingerprint density at radius 1 is 1.25 bits per heavy atom. The van der Waals surface area contributed by atoms with Gasteiger partial charge in [0.2, 0.25) is 0 Å². The Morgan fingerprint density at radius 2 is 1.95 bits per heavy atom. The Hall–Kier alpha value is -2.07. The van der Waals surface area contributed by atoms with E-state index in [4.69, 9.17) is 5.11 Å². The molecule has 1 aliphatic heterocycles. The molecular formula is C16H18N2O2. The lowest BCUT2D eigenvalue weighted by atomic mass is 9.98. The molecular weight excluding hydrogens is 252 g/mol. The number of carbonyl (C=O) groups is 1. The maximum atomic E-state index is 10.8. The monoisotopic (exact) mass is 270 g/mol. The number of fused-ring (bicyclic) bond motifs is 1. The van der Waals surface area contributed by atoms with E-state index in [9.17, 15) is 4.79 Å². The Labute approximate surface area is 118 Å².